The maximum atomic E-state index is 11.1. The summed E-state index contributed by atoms with van der Waals surface area (Å²) in [6, 6.07) is 9.31. The lowest BCUT2D eigenvalue weighted by atomic mass is 10.1. The van der Waals surface area contributed by atoms with E-state index in [0.717, 1.165) is 18.8 Å². The third-order valence-electron chi connectivity index (χ3n) is 2.17. The van der Waals surface area contributed by atoms with E-state index in [1.54, 1.807) is 0 Å². The van der Waals surface area contributed by atoms with Crippen LogP contribution in [0.5, 0.6) is 0 Å². The Morgan fingerprint density at radius 1 is 1.20 bits per heavy atom. The van der Waals surface area contributed by atoms with Gasteiger partial charge in [0.05, 0.1) is 5.56 Å². The number of fused-ring (bicyclic) bond motifs is 1. The third-order valence-corrected chi connectivity index (χ3v) is 3.76. The minimum absolute atomic E-state index is 0.370. The molecule has 15 heavy (non-hydrogen) atoms. The minimum Gasteiger partial charge on any atom is -0.478 e. The molecule has 0 radical (unpaired) electrons. The number of aromatic carboxylic acids is 1. The maximum Gasteiger partial charge on any atom is 0.337 e. The lowest BCUT2D eigenvalue weighted by Crippen LogP contribution is -2.00. The zero-order chi connectivity index (χ0) is 11.0. The van der Waals surface area contributed by atoms with Crippen molar-refractivity contribution in [3.05, 3.63) is 43.9 Å². The zero-order valence-corrected chi connectivity index (χ0v) is 11.2. The van der Waals surface area contributed by atoms with Gasteiger partial charge in [-0.2, -0.15) is 0 Å². The van der Waals surface area contributed by atoms with Crippen LogP contribution in [0.3, 0.4) is 0 Å². The molecule has 0 aliphatic carbocycles. The molecule has 76 valence electrons. The second-order valence-electron chi connectivity index (χ2n) is 3.06. The average molecular weight is 377 g/mol. The van der Waals surface area contributed by atoms with Crippen LogP contribution in [0.15, 0.2) is 34.8 Å². The Labute approximate surface area is 109 Å². The molecule has 0 saturated carbocycles. The van der Waals surface area contributed by atoms with Crippen LogP contribution in [0.2, 0.25) is 0 Å². The van der Waals surface area contributed by atoms with E-state index < -0.39 is 5.97 Å². The van der Waals surface area contributed by atoms with E-state index in [0.29, 0.717) is 5.56 Å². The van der Waals surface area contributed by atoms with E-state index in [2.05, 4.69) is 15.9 Å². The number of benzene rings is 2. The second-order valence-corrected chi connectivity index (χ2v) is 5.08. The highest BCUT2D eigenvalue weighted by atomic mass is 127. The van der Waals surface area contributed by atoms with E-state index in [4.69, 9.17) is 5.11 Å². The number of hydrogen-bond acceptors (Lipinski definition) is 1. The minimum atomic E-state index is -0.886. The van der Waals surface area contributed by atoms with Crippen LogP contribution in [-0.4, -0.2) is 11.1 Å². The Balaban J connectivity index is 2.94. The monoisotopic (exact) mass is 376 g/mol. The van der Waals surface area contributed by atoms with Gasteiger partial charge in [-0.25, -0.2) is 4.79 Å². The summed E-state index contributed by atoms with van der Waals surface area (Å²) >= 11 is 5.45. The molecule has 0 aliphatic rings. The summed E-state index contributed by atoms with van der Waals surface area (Å²) in [5.41, 5.74) is 0.370. The van der Waals surface area contributed by atoms with Gasteiger partial charge in [0, 0.05) is 8.04 Å². The summed E-state index contributed by atoms with van der Waals surface area (Å²) < 4.78 is 1.67. The number of hydrogen-bond donors (Lipinski definition) is 1. The van der Waals surface area contributed by atoms with Gasteiger partial charge in [-0.05, 0) is 45.5 Å². The Bertz CT molecular complexity index is 552. The first kappa shape index (κ1) is 10.9. The van der Waals surface area contributed by atoms with E-state index in [9.17, 15) is 4.79 Å². The molecule has 2 aromatic rings. The quantitative estimate of drug-likeness (QED) is 0.766. The van der Waals surface area contributed by atoms with Gasteiger partial charge in [0.25, 0.3) is 0 Å². The standard InChI is InChI=1S/C11H6BrIO2/c12-8-3-1-2-7-6(8)4-5-9(13)10(7)11(14)15/h1-5H,(H,14,15). The molecule has 2 nitrogen and oxygen atoms in total. The molecule has 0 spiro atoms. The normalized spacial score (nSPS) is 10.5. The maximum absolute atomic E-state index is 11.1. The first-order valence-electron chi connectivity index (χ1n) is 4.21. The van der Waals surface area contributed by atoms with Crippen molar-refractivity contribution < 1.29 is 9.90 Å². The van der Waals surface area contributed by atoms with Crippen molar-refractivity contribution in [2.75, 3.05) is 0 Å². The number of carboxylic acids is 1. The van der Waals surface area contributed by atoms with Crippen LogP contribution in [0.4, 0.5) is 0 Å². The molecular formula is C11H6BrIO2. The van der Waals surface area contributed by atoms with E-state index in [1.807, 2.05) is 52.9 Å². The van der Waals surface area contributed by atoms with Crippen LogP contribution in [-0.2, 0) is 0 Å². The molecule has 0 fully saturated rings. The van der Waals surface area contributed by atoms with Crippen molar-refractivity contribution in [1.29, 1.82) is 0 Å². The van der Waals surface area contributed by atoms with Crippen LogP contribution < -0.4 is 0 Å². The van der Waals surface area contributed by atoms with E-state index in [-0.39, 0.29) is 0 Å². The topological polar surface area (TPSA) is 37.3 Å². The van der Waals surface area contributed by atoms with Crippen molar-refractivity contribution in [2.45, 2.75) is 0 Å². The predicted molar refractivity (Wildman–Crippen MR) is 71.3 cm³/mol. The largest absolute Gasteiger partial charge is 0.478 e. The molecule has 0 aliphatic heterocycles. The van der Waals surface area contributed by atoms with Crippen molar-refractivity contribution in [3.63, 3.8) is 0 Å². The van der Waals surface area contributed by atoms with Gasteiger partial charge in [0.2, 0.25) is 0 Å². The molecule has 2 aromatic carbocycles. The first-order valence-corrected chi connectivity index (χ1v) is 6.08. The third kappa shape index (κ3) is 1.88. The number of carbonyl (C=O) groups is 1. The van der Waals surface area contributed by atoms with Gasteiger partial charge < -0.3 is 5.11 Å². The van der Waals surface area contributed by atoms with Crippen LogP contribution in [0.25, 0.3) is 10.8 Å². The predicted octanol–water partition coefficient (Wildman–Crippen LogP) is 3.91. The van der Waals surface area contributed by atoms with E-state index >= 15 is 0 Å². The number of carboxylic acid groups (broad SMARTS) is 1. The summed E-state index contributed by atoms with van der Waals surface area (Å²) in [6.45, 7) is 0. The van der Waals surface area contributed by atoms with Gasteiger partial charge >= 0.3 is 5.97 Å². The molecule has 0 atom stereocenters. The van der Waals surface area contributed by atoms with Crippen LogP contribution in [0.1, 0.15) is 10.4 Å². The molecule has 0 bridgehead atoms. The molecule has 0 aromatic heterocycles. The fraction of sp³-hybridized carbons (Fsp3) is 0. The lowest BCUT2D eigenvalue weighted by molar-refractivity contribution is 0.0698. The van der Waals surface area contributed by atoms with Gasteiger partial charge in [0.15, 0.2) is 0 Å². The average Bonchev–Trinajstić information content (AvgIpc) is 2.17. The molecule has 0 amide bonds. The number of halogens is 2. The van der Waals surface area contributed by atoms with Crippen molar-refractivity contribution in [2.24, 2.45) is 0 Å². The Hall–Kier alpha value is -0.620. The van der Waals surface area contributed by atoms with Gasteiger partial charge in [0.1, 0.15) is 0 Å². The van der Waals surface area contributed by atoms with Crippen LogP contribution >= 0.6 is 38.5 Å². The molecular weight excluding hydrogens is 371 g/mol. The summed E-state index contributed by atoms with van der Waals surface area (Å²) in [6.07, 6.45) is 0. The van der Waals surface area contributed by atoms with Crippen LogP contribution in [0, 0.1) is 3.57 Å². The highest BCUT2D eigenvalue weighted by Gasteiger charge is 2.13. The van der Waals surface area contributed by atoms with Gasteiger partial charge in [-0.15, -0.1) is 0 Å². The zero-order valence-electron chi connectivity index (χ0n) is 7.50. The van der Waals surface area contributed by atoms with Gasteiger partial charge in [-0.3, -0.25) is 0 Å². The Morgan fingerprint density at radius 2 is 1.93 bits per heavy atom. The SMILES string of the molecule is O=C(O)c1c(I)ccc2c(Br)cccc12. The fourth-order valence-corrected chi connectivity index (χ4v) is 2.71. The highest BCUT2D eigenvalue weighted by Crippen LogP contribution is 2.29. The molecule has 0 heterocycles. The number of rotatable bonds is 1. The Morgan fingerprint density at radius 3 is 2.60 bits per heavy atom. The van der Waals surface area contributed by atoms with E-state index in [1.165, 1.54) is 0 Å². The smallest absolute Gasteiger partial charge is 0.337 e. The first-order chi connectivity index (χ1) is 7.11. The molecule has 4 heteroatoms. The summed E-state index contributed by atoms with van der Waals surface area (Å²) in [4.78, 5) is 11.1. The fourth-order valence-electron chi connectivity index (χ4n) is 1.51. The van der Waals surface area contributed by atoms with Gasteiger partial charge in [-0.1, -0.05) is 34.1 Å². The molecule has 0 saturated heterocycles. The second kappa shape index (κ2) is 4.09. The molecule has 2 rings (SSSR count). The summed E-state index contributed by atoms with van der Waals surface area (Å²) in [5.74, 6) is -0.886. The van der Waals surface area contributed by atoms with Crippen molar-refractivity contribution >= 4 is 55.3 Å². The van der Waals surface area contributed by atoms with Crippen molar-refractivity contribution in [3.8, 4) is 0 Å². The Kier molecular flexibility index (Phi) is 2.97. The summed E-state index contributed by atoms with van der Waals surface area (Å²) in [5, 5.41) is 10.8. The molecule has 1 N–H and O–H groups in total. The van der Waals surface area contributed by atoms with Crippen molar-refractivity contribution in [1.82, 2.24) is 0 Å². The lowest BCUT2D eigenvalue weighted by Gasteiger charge is -2.06. The highest BCUT2D eigenvalue weighted by molar-refractivity contribution is 14.1. The molecule has 0 unspecified atom stereocenters. The summed E-state index contributed by atoms with van der Waals surface area (Å²) in [7, 11) is 0.